The standard InChI is InChI=1S/C30H30ClN5O3S2/c1-20-18-21(2)36(33-20)17-16-35(30-32-28-22(3)26(31)14-15-27(28)40-30)29(37)24-10-12-25(13-11-24)41(38,39)34(4)19-23-8-6-5-7-9-23/h5-15,18H,16-17,19H2,1-4H3. The number of amides is 1. The number of anilines is 1. The molecule has 0 N–H and O–H groups in total. The number of nitrogens with zero attached hydrogens (tertiary/aromatic N) is 5. The normalized spacial score (nSPS) is 11.9. The van der Waals surface area contributed by atoms with Crippen LogP contribution in [-0.4, -0.2) is 47.0 Å². The zero-order valence-corrected chi connectivity index (χ0v) is 25.6. The van der Waals surface area contributed by atoms with Crippen LogP contribution in [0.3, 0.4) is 0 Å². The summed E-state index contributed by atoms with van der Waals surface area (Å²) in [6.45, 7) is 6.85. The first-order chi connectivity index (χ1) is 19.5. The fourth-order valence-corrected chi connectivity index (χ4v) is 6.98. The second kappa shape index (κ2) is 11.7. The summed E-state index contributed by atoms with van der Waals surface area (Å²) in [7, 11) is -2.21. The maximum Gasteiger partial charge on any atom is 0.260 e. The van der Waals surface area contributed by atoms with E-state index in [0.29, 0.717) is 28.8 Å². The van der Waals surface area contributed by atoms with Gasteiger partial charge in [-0.3, -0.25) is 14.4 Å². The number of thiazole rings is 1. The first kappa shape index (κ1) is 28.9. The van der Waals surface area contributed by atoms with Crippen molar-refractivity contribution in [3.8, 4) is 0 Å². The maximum absolute atomic E-state index is 13.9. The fraction of sp³-hybridized carbons (Fsp3) is 0.233. The second-order valence-electron chi connectivity index (χ2n) is 9.89. The Morgan fingerprint density at radius 3 is 2.37 bits per heavy atom. The highest BCUT2D eigenvalue weighted by molar-refractivity contribution is 7.89. The van der Waals surface area contributed by atoms with Crippen LogP contribution < -0.4 is 4.90 Å². The molecule has 0 aliphatic carbocycles. The van der Waals surface area contributed by atoms with E-state index in [1.165, 1.54) is 27.8 Å². The highest BCUT2D eigenvalue weighted by atomic mass is 35.5. The molecule has 0 saturated carbocycles. The van der Waals surface area contributed by atoms with Crippen molar-refractivity contribution < 1.29 is 13.2 Å². The van der Waals surface area contributed by atoms with Crippen LogP contribution in [0.25, 0.3) is 10.2 Å². The first-order valence-electron chi connectivity index (χ1n) is 13.0. The minimum atomic E-state index is -3.75. The van der Waals surface area contributed by atoms with Gasteiger partial charge in [0.2, 0.25) is 10.0 Å². The van der Waals surface area contributed by atoms with Gasteiger partial charge in [-0.1, -0.05) is 53.3 Å². The first-order valence-corrected chi connectivity index (χ1v) is 15.7. The molecular formula is C30H30ClN5O3S2. The van der Waals surface area contributed by atoms with Gasteiger partial charge < -0.3 is 0 Å². The minimum absolute atomic E-state index is 0.118. The Morgan fingerprint density at radius 2 is 1.71 bits per heavy atom. The van der Waals surface area contributed by atoms with Crippen LogP contribution in [0, 0.1) is 20.8 Å². The molecule has 0 saturated heterocycles. The average molecular weight is 608 g/mol. The highest BCUT2D eigenvalue weighted by Crippen LogP contribution is 2.34. The summed E-state index contributed by atoms with van der Waals surface area (Å²) >= 11 is 7.75. The molecule has 2 heterocycles. The maximum atomic E-state index is 13.9. The lowest BCUT2D eigenvalue weighted by Gasteiger charge is -2.21. The predicted molar refractivity (Wildman–Crippen MR) is 164 cm³/mol. The highest BCUT2D eigenvalue weighted by Gasteiger charge is 2.25. The molecule has 3 aromatic carbocycles. The van der Waals surface area contributed by atoms with Crippen LogP contribution in [0.5, 0.6) is 0 Å². The van der Waals surface area contributed by atoms with Gasteiger partial charge in [0.15, 0.2) is 5.13 Å². The van der Waals surface area contributed by atoms with Gasteiger partial charge in [0.1, 0.15) is 0 Å². The number of hydrogen-bond acceptors (Lipinski definition) is 6. The lowest BCUT2D eigenvalue weighted by molar-refractivity contribution is 0.0985. The topological polar surface area (TPSA) is 88.4 Å². The van der Waals surface area contributed by atoms with Crippen molar-refractivity contribution in [1.82, 2.24) is 19.1 Å². The summed E-state index contributed by atoms with van der Waals surface area (Å²) in [5.41, 5.74) is 4.75. The number of carbonyl (C=O) groups excluding carboxylic acids is 1. The molecule has 41 heavy (non-hydrogen) atoms. The molecule has 0 bridgehead atoms. The number of sulfonamides is 1. The lowest BCUT2D eigenvalue weighted by Crippen LogP contribution is -2.34. The van der Waals surface area contributed by atoms with Crippen LogP contribution in [0.15, 0.2) is 77.7 Å². The van der Waals surface area contributed by atoms with E-state index in [4.69, 9.17) is 16.6 Å². The summed E-state index contributed by atoms with van der Waals surface area (Å²) in [6, 6.07) is 21.2. The number of hydrogen-bond donors (Lipinski definition) is 0. The molecule has 11 heteroatoms. The van der Waals surface area contributed by atoms with Gasteiger partial charge in [0.05, 0.1) is 27.4 Å². The van der Waals surface area contributed by atoms with E-state index >= 15 is 0 Å². The van der Waals surface area contributed by atoms with E-state index in [-0.39, 0.29) is 17.3 Å². The van der Waals surface area contributed by atoms with Crippen LogP contribution in [0.2, 0.25) is 5.02 Å². The van der Waals surface area contributed by atoms with Crippen molar-refractivity contribution >= 4 is 54.2 Å². The average Bonchev–Trinajstić information content (AvgIpc) is 3.53. The number of aromatic nitrogens is 3. The molecule has 0 atom stereocenters. The van der Waals surface area contributed by atoms with Gasteiger partial charge in [-0.15, -0.1) is 0 Å². The molecule has 212 valence electrons. The largest absolute Gasteiger partial charge is 0.282 e. The summed E-state index contributed by atoms with van der Waals surface area (Å²) in [5, 5.41) is 5.69. The van der Waals surface area contributed by atoms with Crippen LogP contribution in [0.1, 0.15) is 32.9 Å². The Morgan fingerprint density at radius 1 is 1.00 bits per heavy atom. The number of halogens is 1. The number of benzene rings is 3. The zero-order chi connectivity index (χ0) is 29.3. The van der Waals surface area contributed by atoms with Crippen molar-refractivity contribution in [2.24, 2.45) is 0 Å². The number of fused-ring (bicyclic) bond motifs is 1. The van der Waals surface area contributed by atoms with Crippen LogP contribution >= 0.6 is 22.9 Å². The van der Waals surface area contributed by atoms with Gasteiger partial charge >= 0.3 is 0 Å². The van der Waals surface area contributed by atoms with Gasteiger partial charge in [0, 0.05) is 36.4 Å². The van der Waals surface area contributed by atoms with E-state index in [0.717, 1.165) is 32.7 Å². The Bertz CT molecular complexity index is 1820. The Balaban J connectivity index is 1.43. The molecule has 5 rings (SSSR count). The SMILES string of the molecule is Cc1cc(C)n(CCN(C(=O)c2ccc(S(=O)(=O)N(C)Cc3ccccc3)cc2)c2nc3c(C)c(Cl)ccc3s2)n1. The van der Waals surface area contributed by atoms with Crippen molar-refractivity contribution in [3.63, 3.8) is 0 Å². The molecule has 1 amide bonds. The minimum Gasteiger partial charge on any atom is -0.282 e. The fourth-order valence-electron chi connectivity index (χ4n) is 4.62. The summed E-state index contributed by atoms with van der Waals surface area (Å²) < 4.78 is 30.5. The van der Waals surface area contributed by atoms with E-state index in [1.54, 1.807) is 24.1 Å². The van der Waals surface area contributed by atoms with Crippen LogP contribution in [-0.2, 0) is 23.1 Å². The number of aryl methyl sites for hydroxylation is 3. The summed E-state index contributed by atoms with van der Waals surface area (Å²) in [5.74, 6) is -0.282. The van der Waals surface area contributed by atoms with Gasteiger partial charge in [-0.25, -0.2) is 13.4 Å². The summed E-state index contributed by atoms with van der Waals surface area (Å²) in [6.07, 6.45) is 0. The molecule has 0 aliphatic rings. The Kier molecular flexibility index (Phi) is 8.28. The Labute approximate surface area is 248 Å². The number of carbonyl (C=O) groups is 1. The molecule has 0 radical (unpaired) electrons. The van der Waals surface area contributed by atoms with Gasteiger partial charge in [0.25, 0.3) is 5.91 Å². The van der Waals surface area contributed by atoms with Crippen molar-refractivity contribution in [2.75, 3.05) is 18.5 Å². The second-order valence-corrected chi connectivity index (χ2v) is 13.4. The monoisotopic (exact) mass is 607 g/mol. The molecule has 8 nitrogen and oxygen atoms in total. The van der Waals surface area contributed by atoms with E-state index in [9.17, 15) is 13.2 Å². The molecule has 0 aliphatic heterocycles. The van der Waals surface area contributed by atoms with Crippen molar-refractivity contribution in [3.05, 3.63) is 106 Å². The van der Waals surface area contributed by atoms with Crippen LogP contribution in [0.4, 0.5) is 5.13 Å². The lowest BCUT2D eigenvalue weighted by atomic mass is 10.2. The number of rotatable bonds is 9. The molecule has 5 aromatic rings. The predicted octanol–water partition coefficient (Wildman–Crippen LogP) is 6.24. The quantitative estimate of drug-likeness (QED) is 0.198. The van der Waals surface area contributed by atoms with Crippen molar-refractivity contribution in [1.29, 1.82) is 0 Å². The zero-order valence-electron chi connectivity index (χ0n) is 23.2. The summed E-state index contributed by atoms with van der Waals surface area (Å²) in [4.78, 5) is 20.4. The molecule has 0 fully saturated rings. The third-order valence-corrected chi connectivity index (χ3v) is 10.2. The van der Waals surface area contributed by atoms with E-state index < -0.39 is 10.0 Å². The smallest absolute Gasteiger partial charge is 0.260 e. The third kappa shape index (κ3) is 6.06. The molecule has 2 aromatic heterocycles. The Hall–Kier alpha value is -3.57. The molecular weight excluding hydrogens is 578 g/mol. The molecule has 0 unspecified atom stereocenters. The van der Waals surface area contributed by atoms with E-state index in [1.807, 2.05) is 74.0 Å². The molecule has 0 spiro atoms. The van der Waals surface area contributed by atoms with Gasteiger partial charge in [-0.05, 0) is 74.4 Å². The van der Waals surface area contributed by atoms with Crippen molar-refractivity contribution in [2.45, 2.75) is 38.8 Å². The van der Waals surface area contributed by atoms with Gasteiger partial charge in [-0.2, -0.15) is 9.40 Å². The third-order valence-electron chi connectivity index (χ3n) is 6.91. The van der Waals surface area contributed by atoms with E-state index in [2.05, 4.69) is 5.10 Å².